The molecule has 100 valence electrons. The summed E-state index contributed by atoms with van der Waals surface area (Å²) in [5, 5.41) is 2.99. The second-order valence-corrected chi connectivity index (χ2v) is 5.59. The first-order valence-electron chi connectivity index (χ1n) is 6.84. The molecule has 0 saturated carbocycles. The van der Waals surface area contributed by atoms with E-state index in [1.165, 1.54) is 5.56 Å². The zero-order valence-corrected chi connectivity index (χ0v) is 11.3. The van der Waals surface area contributed by atoms with Crippen molar-refractivity contribution < 1.29 is 9.45 Å². The van der Waals surface area contributed by atoms with Crippen molar-refractivity contribution in [3.63, 3.8) is 0 Å². The predicted molar refractivity (Wildman–Crippen MR) is 76.3 cm³/mol. The highest BCUT2D eigenvalue weighted by molar-refractivity contribution is 6.23. The van der Waals surface area contributed by atoms with Crippen molar-refractivity contribution in [1.82, 2.24) is 4.81 Å². The number of nitrogens with one attached hydrogen (secondary N) is 1. The maximum atomic E-state index is 12.0. The van der Waals surface area contributed by atoms with Gasteiger partial charge in [-0.2, -0.15) is 0 Å². The summed E-state index contributed by atoms with van der Waals surface area (Å²) in [4.78, 5) is 14.3. The van der Waals surface area contributed by atoms with Gasteiger partial charge in [0.05, 0.1) is 0 Å². The summed E-state index contributed by atoms with van der Waals surface area (Å²) in [6, 6.07) is 8.23. The van der Waals surface area contributed by atoms with Gasteiger partial charge >= 0.3 is 7.62 Å². The molecule has 1 aromatic rings. The molecule has 1 aromatic carbocycles. The Bertz CT molecular complexity index is 484. The van der Waals surface area contributed by atoms with Gasteiger partial charge in [-0.1, -0.05) is 18.2 Å². The number of rotatable bonds is 2. The van der Waals surface area contributed by atoms with Crippen LogP contribution in [0.5, 0.6) is 0 Å². The summed E-state index contributed by atoms with van der Waals surface area (Å²) in [5.74, 6) is 0.152. The second-order valence-electron chi connectivity index (χ2n) is 5.59. The van der Waals surface area contributed by atoms with Crippen LogP contribution in [0.1, 0.15) is 24.8 Å². The molecule has 0 bridgehead atoms. The number of piperidine rings is 1. The molecule has 0 atom stereocenters. The van der Waals surface area contributed by atoms with Crippen LogP contribution in [0.2, 0.25) is 0 Å². The molecule has 0 radical (unpaired) electrons. The van der Waals surface area contributed by atoms with Crippen molar-refractivity contribution >= 4 is 19.2 Å². The lowest BCUT2D eigenvalue weighted by Gasteiger charge is -2.44. The van der Waals surface area contributed by atoms with Crippen molar-refractivity contribution in [3.05, 3.63) is 29.8 Å². The van der Waals surface area contributed by atoms with Gasteiger partial charge in [0.1, 0.15) is 0 Å². The summed E-state index contributed by atoms with van der Waals surface area (Å²) >= 11 is 0. The molecular weight excluding hydrogens is 239 g/mol. The third kappa shape index (κ3) is 2.28. The topological polar surface area (TPSA) is 41.6 Å². The van der Waals surface area contributed by atoms with Crippen LogP contribution in [-0.4, -0.2) is 38.5 Å². The Morgan fingerprint density at radius 1 is 1.32 bits per heavy atom. The van der Waals surface area contributed by atoms with Crippen molar-refractivity contribution in [2.75, 3.05) is 25.5 Å². The lowest BCUT2D eigenvalue weighted by atomic mass is 9.67. The lowest BCUT2D eigenvalue weighted by molar-refractivity contribution is -0.118. The lowest BCUT2D eigenvalue weighted by Crippen LogP contribution is -2.48. The van der Waals surface area contributed by atoms with E-state index in [2.05, 4.69) is 22.3 Å². The average molecular weight is 258 g/mol. The van der Waals surface area contributed by atoms with Gasteiger partial charge in [-0.3, -0.25) is 4.79 Å². The quantitative estimate of drug-likeness (QED) is 0.812. The van der Waals surface area contributed by atoms with Crippen LogP contribution >= 0.6 is 0 Å². The fraction of sp³-hybridized carbons (Fsp3) is 0.500. The Morgan fingerprint density at radius 3 is 2.79 bits per heavy atom. The van der Waals surface area contributed by atoms with Crippen LogP contribution < -0.4 is 5.32 Å². The fourth-order valence-corrected chi connectivity index (χ4v) is 3.39. The maximum absolute atomic E-state index is 12.0. The smallest absolute Gasteiger partial charge is 0.363 e. The first kappa shape index (κ1) is 12.7. The van der Waals surface area contributed by atoms with E-state index in [1.54, 1.807) is 7.11 Å². The Labute approximate surface area is 114 Å². The molecular formula is C14H19BN2O2. The molecule has 1 saturated heterocycles. The van der Waals surface area contributed by atoms with Gasteiger partial charge in [-0.25, -0.2) is 0 Å². The van der Waals surface area contributed by atoms with Crippen LogP contribution in [0.15, 0.2) is 24.3 Å². The van der Waals surface area contributed by atoms with E-state index in [-0.39, 0.29) is 11.3 Å². The second kappa shape index (κ2) is 4.98. The number of fused-ring (bicyclic) bond motifs is 2. The van der Waals surface area contributed by atoms with E-state index < -0.39 is 0 Å². The maximum Gasteiger partial charge on any atom is 0.363 e. The Kier molecular flexibility index (Phi) is 3.33. The van der Waals surface area contributed by atoms with Crippen molar-refractivity contribution in [2.24, 2.45) is 0 Å². The van der Waals surface area contributed by atoms with Crippen molar-refractivity contribution in [2.45, 2.75) is 24.7 Å². The highest BCUT2D eigenvalue weighted by atomic mass is 16.4. The number of carbonyl (C=O) groups is 1. The normalized spacial score (nSPS) is 21.8. The largest absolute Gasteiger partial charge is 0.427 e. The van der Waals surface area contributed by atoms with Crippen LogP contribution in [0, 0.1) is 0 Å². The van der Waals surface area contributed by atoms with Gasteiger partial charge in [-0.15, -0.1) is 0 Å². The van der Waals surface area contributed by atoms with E-state index in [4.69, 9.17) is 4.65 Å². The predicted octanol–water partition coefficient (Wildman–Crippen LogP) is 1.28. The molecule has 1 spiro atoms. The summed E-state index contributed by atoms with van der Waals surface area (Å²) in [7, 11) is 2.41. The van der Waals surface area contributed by atoms with Crippen LogP contribution in [0.25, 0.3) is 0 Å². The number of benzene rings is 1. The van der Waals surface area contributed by atoms with Crippen LogP contribution in [0.3, 0.4) is 0 Å². The molecule has 2 heterocycles. The minimum Gasteiger partial charge on any atom is -0.427 e. The highest BCUT2D eigenvalue weighted by Gasteiger charge is 2.42. The Hall–Kier alpha value is -1.33. The minimum absolute atomic E-state index is 0.0309. The van der Waals surface area contributed by atoms with Gasteiger partial charge < -0.3 is 14.8 Å². The molecule has 3 rings (SSSR count). The number of hydrogen-bond donors (Lipinski definition) is 1. The van der Waals surface area contributed by atoms with Crippen LogP contribution in [-0.2, 0) is 14.9 Å². The van der Waals surface area contributed by atoms with Gasteiger partial charge in [-0.05, 0) is 37.6 Å². The van der Waals surface area contributed by atoms with E-state index >= 15 is 0 Å². The molecule has 4 nitrogen and oxygen atoms in total. The number of hydrogen-bond acceptors (Lipinski definition) is 3. The third-order valence-corrected chi connectivity index (χ3v) is 4.40. The molecule has 0 unspecified atom stereocenters. The summed E-state index contributed by atoms with van der Waals surface area (Å²) in [6.07, 6.45) is 2.67. The number of amides is 1. The standard InChI is InChI=1S/C14H19BN2O2/c1-19-15-17-8-6-14(7-9-17)10-13(18)16-12-5-3-2-4-11(12)14/h2-5,15H,6-10H2,1H3,(H,16,18). The zero-order valence-electron chi connectivity index (χ0n) is 11.3. The highest BCUT2D eigenvalue weighted by Crippen LogP contribution is 2.44. The summed E-state index contributed by atoms with van der Waals surface area (Å²) < 4.78 is 5.19. The minimum atomic E-state index is 0.0309. The van der Waals surface area contributed by atoms with Crippen molar-refractivity contribution in [3.8, 4) is 0 Å². The van der Waals surface area contributed by atoms with Crippen molar-refractivity contribution in [1.29, 1.82) is 0 Å². The molecule has 0 aromatic heterocycles. The number of para-hydroxylation sites is 1. The molecule has 1 N–H and O–H groups in total. The molecule has 1 amide bonds. The van der Waals surface area contributed by atoms with E-state index in [1.807, 2.05) is 12.1 Å². The Morgan fingerprint density at radius 2 is 2.05 bits per heavy atom. The SMILES string of the molecule is COBN1CCC2(CC1)CC(=O)Nc1ccccc12. The number of anilines is 1. The molecule has 5 heteroatoms. The zero-order chi connectivity index (χ0) is 13.3. The molecule has 19 heavy (non-hydrogen) atoms. The third-order valence-electron chi connectivity index (χ3n) is 4.40. The van der Waals surface area contributed by atoms with E-state index in [0.717, 1.165) is 31.6 Å². The summed E-state index contributed by atoms with van der Waals surface area (Å²) in [6.45, 7) is 1.99. The molecule has 1 fully saturated rings. The first-order chi connectivity index (χ1) is 9.23. The Balaban J connectivity index is 1.87. The van der Waals surface area contributed by atoms with Crippen LogP contribution in [0.4, 0.5) is 5.69 Å². The number of carbonyl (C=O) groups excluding carboxylic acids is 1. The number of nitrogens with zero attached hydrogens (tertiary/aromatic N) is 1. The monoisotopic (exact) mass is 258 g/mol. The van der Waals surface area contributed by atoms with Gasteiger partial charge in [0.25, 0.3) is 0 Å². The van der Waals surface area contributed by atoms with E-state index in [0.29, 0.717) is 14.0 Å². The average Bonchev–Trinajstić information content (AvgIpc) is 2.42. The summed E-state index contributed by atoms with van der Waals surface area (Å²) in [5.41, 5.74) is 2.34. The first-order valence-corrected chi connectivity index (χ1v) is 6.84. The molecule has 2 aliphatic rings. The van der Waals surface area contributed by atoms with E-state index in [9.17, 15) is 4.79 Å². The van der Waals surface area contributed by atoms with Gasteiger partial charge in [0.15, 0.2) is 0 Å². The fourth-order valence-electron chi connectivity index (χ4n) is 3.39. The molecule has 0 aliphatic carbocycles. The van der Waals surface area contributed by atoms with Gasteiger partial charge in [0, 0.05) is 24.6 Å². The van der Waals surface area contributed by atoms with Gasteiger partial charge in [0.2, 0.25) is 5.91 Å². The molecule has 2 aliphatic heterocycles.